The Hall–Kier alpha value is -3.18. The van der Waals surface area contributed by atoms with Crippen molar-refractivity contribution in [3.05, 3.63) is 29.8 Å². The highest BCUT2D eigenvalue weighted by Gasteiger charge is 2.19. The highest BCUT2D eigenvalue weighted by Crippen LogP contribution is 2.10. The molecule has 0 unspecified atom stereocenters. The van der Waals surface area contributed by atoms with Crippen molar-refractivity contribution in [2.45, 2.75) is 18.5 Å². The highest BCUT2D eigenvalue weighted by atomic mass is 16.4. The number of carboxylic acids is 1. The van der Waals surface area contributed by atoms with Crippen molar-refractivity contribution in [3.8, 4) is 5.75 Å². The second-order valence-corrected chi connectivity index (χ2v) is 5.61. The van der Waals surface area contributed by atoms with Crippen molar-refractivity contribution in [1.29, 1.82) is 0 Å². The fourth-order valence-corrected chi connectivity index (χ4v) is 1.95. The van der Waals surface area contributed by atoms with Gasteiger partial charge in [0.1, 0.15) is 11.8 Å². The Bertz CT molecular complexity index is 678. The summed E-state index contributed by atoms with van der Waals surface area (Å²) in [5.74, 6) is -3.38. The molecule has 0 aliphatic heterocycles. The molecule has 0 aliphatic carbocycles. The Morgan fingerprint density at radius 1 is 1.00 bits per heavy atom. The number of rotatable bonds is 10. The largest absolute Gasteiger partial charge is 0.508 e. The number of hydrogen-bond acceptors (Lipinski definition) is 7. The van der Waals surface area contributed by atoms with Gasteiger partial charge in [0.2, 0.25) is 17.7 Å². The number of carbonyl (C=O) groups is 4. The Labute approximate surface area is 154 Å². The van der Waals surface area contributed by atoms with E-state index >= 15 is 0 Å². The van der Waals surface area contributed by atoms with Crippen LogP contribution in [0.1, 0.15) is 5.56 Å². The van der Waals surface area contributed by atoms with Crippen LogP contribution < -0.4 is 21.7 Å². The van der Waals surface area contributed by atoms with Crippen LogP contribution >= 0.6 is 0 Å². The van der Waals surface area contributed by atoms with Gasteiger partial charge in [-0.25, -0.2) is 4.79 Å². The predicted octanol–water partition coefficient (Wildman–Crippen LogP) is -2.94. The Morgan fingerprint density at radius 3 is 2.15 bits per heavy atom. The molecule has 1 aromatic carbocycles. The Morgan fingerprint density at radius 2 is 1.59 bits per heavy atom. The van der Waals surface area contributed by atoms with Gasteiger partial charge in [0, 0.05) is 0 Å². The van der Waals surface area contributed by atoms with Crippen LogP contribution in [-0.4, -0.2) is 70.8 Å². The van der Waals surface area contributed by atoms with Gasteiger partial charge in [-0.15, -0.1) is 0 Å². The van der Waals surface area contributed by atoms with Gasteiger partial charge in [0.15, 0.2) is 0 Å². The fourth-order valence-electron chi connectivity index (χ4n) is 1.95. The van der Waals surface area contributed by atoms with Gasteiger partial charge < -0.3 is 37.0 Å². The van der Waals surface area contributed by atoms with Crippen LogP contribution in [0.5, 0.6) is 5.75 Å². The zero-order valence-electron chi connectivity index (χ0n) is 14.3. The summed E-state index contributed by atoms with van der Waals surface area (Å²) in [6.45, 7) is -1.72. The first-order chi connectivity index (χ1) is 12.7. The molecule has 1 aromatic rings. The molecule has 11 nitrogen and oxygen atoms in total. The molecule has 0 fully saturated rings. The van der Waals surface area contributed by atoms with E-state index in [-0.39, 0.29) is 12.2 Å². The van der Waals surface area contributed by atoms with Crippen molar-refractivity contribution in [2.75, 3.05) is 19.7 Å². The van der Waals surface area contributed by atoms with E-state index in [0.717, 1.165) is 5.56 Å². The van der Waals surface area contributed by atoms with Crippen molar-refractivity contribution >= 4 is 23.7 Å². The van der Waals surface area contributed by atoms with Crippen molar-refractivity contribution in [3.63, 3.8) is 0 Å². The quantitative estimate of drug-likeness (QED) is 0.223. The van der Waals surface area contributed by atoms with Gasteiger partial charge in [0.25, 0.3) is 0 Å². The number of aromatic hydroxyl groups is 1. The lowest BCUT2D eigenvalue weighted by molar-refractivity contribution is -0.142. The molecule has 2 atom stereocenters. The lowest BCUT2D eigenvalue weighted by Crippen LogP contribution is -2.49. The lowest BCUT2D eigenvalue weighted by atomic mass is 10.1. The van der Waals surface area contributed by atoms with Crippen LogP contribution in [0.25, 0.3) is 0 Å². The van der Waals surface area contributed by atoms with Crippen LogP contribution in [0, 0.1) is 0 Å². The molecular weight excluding hydrogens is 360 g/mol. The summed E-state index contributed by atoms with van der Waals surface area (Å²) < 4.78 is 0. The number of phenolic OH excluding ortho intramolecular Hbond substituents is 1. The highest BCUT2D eigenvalue weighted by molar-refractivity contribution is 5.90. The van der Waals surface area contributed by atoms with Gasteiger partial charge in [-0.05, 0) is 24.1 Å². The van der Waals surface area contributed by atoms with E-state index in [0.29, 0.717) is 0 Å². The first-order valence-corrected chi connectivity index (χ1v) is 7.93. The molecule has 0 spiro atoms. The summed E-state index contributed by atoms with van der Waals surface area (Å²) in [7, 11) is 0. The van der Waals surface area contributed by atoms with Crippen molar-refractivity contribution < 1.29 is 34.5 Å². The lowest BCUT2D eigenvalue weighted by Gasteiger charge is -2.13. The maximum absolute atomic E-state index is 11.9. The molecule has 27 heavy (non-hydrogen) atoms. The van der Waals surface area contributed by atoms with E-state index in [1.54, 1.807) is 12.1 Å². The molecule has 11 heteroatoms. The fraction of sp³-hybridized carbons (Fsp3) is 0.375. The number of nitrogens with one attached hydrogen (secondary N) is 3. The van der Waals surface area contributed by atoms with Crippen LogP contribution in [0.15, 0.2) is 24.3 Å². The second-order valence-electron chi connectivity index (χ2n) is 5.61. The van der Waals surface area contributed by atoms with E-state index in [4.69, 9.17) is 15.9 Å². The molecular formula is C16H22N4O7. The normalized spacial score (nSPS) is 12.5. The van der Waals surface area contributed by atoms with Gasteiger partial charge in [0.05, 0.1) is 25.7 Å². The molecule has 8 N–H and O–H groups in total. The summed E-state index contributed by atoms with van der Waals surface area (Å²) >= 11 is 0. The summed E-state index contributed by atoms with van der Waals surface area (Å²) in [5.41, 5.74) is 6.47. The number of aliphatic hydroxyl groups is 1. The van der Waals surface area contributed by atoms with E-state index in [1.807, 2.05) is 5.32 Å². The van der Waals surface area contributed by atoms with Gasteiger partial charge in [-0.2, -0.15) is 0 Å². The topological polar surface area (TPSA) is 191 Å². The monoisotopic (exact) mass is 382 g/mol. The Balaban J connectivity index is 2.32. The van der Waals surface area contributed by atoms with E-state index in [9.17, 15) is 24.3 Å². The minimum atomic E-state index is -1.47. The summed E-state index contributed by atoms with van der Waals surface area (Å²) in [4.78, 5) is 45.6. The van der Waals surface area contributed by atoms with Gasteiger partial charge in [-0.1, -0.05) is 12.1 Å². The molecule has 0 saturated heterocycles. The van der Waals surface area contributed by atoms with Crippen molar-refractivity contribution in [2.24, 2.45) is 5.73 Å². The first kappa shape index (κ1) is 21.9. The van der Waals surface area contributed by atoms with E-state index in [2.05, 4.69) is 10.6 Å². The number of amides is 3. The zero-order chi connectivity index (χ0) is 20.4. The van der Waals surface area contributed by atoms with Crippen molar-refractivity contribution in [1.82, 2.24) is 16.0 Å². The third-order valence-corrected chi connectivity index (χ3v) is 3.41. The van der Waals surface area contributed by atoms with Gasteiger partial charge >= 0.3 is 5.97 Å². The number of nitrogens with two attached hydrogens (primary N) is 1. The molecule has 1 rings (SSSR count). The van der Waals surface area contributed by atoms with Crippen LogP contribution in [-0.2, 0) is 25.6 Å². The molecule has 0 aliphatic rings. The Kier molecular flexibility index (Phi) is 8.69. The maximum Gasteiger partial charge on any atom is 0.328 e. The number of aliphatic carboxylic acids is 1. The molecule has 0 radical (unpaired) electrons. The molecule has 3 amide bonds. The maximum atomic E-state index is 11.9. The molecule has 0 saturated carbocycles. The first-order valence-electron chi connectivity index (χ1n) is 7.93. The summed E-state index contributed by atoms with van der Waals surface area (Å²) in [5, 5.41) is 33.2. The van der Waals surface area contributed by atoms with E-state index in [1.165, 1.54) is 12.1 Å². The summed E-state index contributed by atoms with van der Waals surface area (Å²) in [6, 6.07) is 3.78. The number of benzene rings is 1. The number of hydrogen-bond donors (Lipinski definition) is 7. The predicted molar refractivity (Wildman–Crippen MR) is 92.5 cm³/mol. The average Bonchev–Trinajstić information content (AvgIpc) is 2.63. The summed E-state index contributed by atoms with van der Waals surface area (Å²) in [6.07, 6.45) is 0.202. The minimum absolute atomic E-state index is 0.0890. The number of carbonyl (C=O) groups excluding carboxylic acids is 3. The van der Waals surface area contributed by atoms with Crippen LogP contribution in [0.4, 0.5) is 0 Å². The zero-order valence-corrected chi connectivity index (χ0v) is 14.3. The second kappa shape index (κ2) is 10.7. The number of phenols is 1. The van der Waals surface area contributed by atoms with Gasteiger partial charge in [-0.3, -0.25) is 14.4 Å². The van der Waals surface area contributed by atoms with Crippen LogP contribution in [0.2, 0.25) is 0 Å². The number of aliphatic hydroxyl groups excluding tert-OH is 1. The number of carboxylic acid groups (broad SMARTS) is 1. The smallest absolute Gasteiger partial charge is 0.328 e. The SMILES string of the molecule is N[C@@H](Cc1ccc(O)cc1)C(=O)NCC(=O)NCC(=O)N[C@@H](CO)C(=O)O. The third-order valence-electron chi connectivity index (χ3n) is 3.41. The average molecular weight is 382 g/mol. The van der Waals surface area contributed by atoms with E-state index < -0.39 is 55.5 Å². The van der Waals surface area contributed by atoms with Crippen LogP contribution in [0.3, 0.4) is 0 Å². The third kappa shape index (κ3) is 8.16. The molecule has 0 heterocycles. The molecule has 148 valence electrons. The molecule has 0 bridgehead atoms. The molecule has 0 aromatic heterocycles. The standard InChI is InChI=1S/C16H22N4O7/c17-11(5-9-1-3-10(22)4-2-9)15(25)19-6-13(23)18-7-14(24)20-12(8-21)16(26)27/h1-4,11-12,21-22H,5-8,17H2,(H,18,23)(H,19,25)(H,20,24)(H,26,27)/t11-,12-/m0/s1. The minimum Gasteiger partial charge on any atom is -0.508 e.